The average Bonchev–Trinajstić information content (AvgIpc) is 2.26. The van der Waals surface area contributed by atoms with Gasteiger partial charge in [-0.05, 0) is 24.6 Å². The summed E-state index contributed by atoms with van der Waals surface area (Å²) in [6.07, 6.45) is 0.885. The highest BCUT2D eigenvalue weighted by Gasteiger charge is 2.09. The summed E-state index contributed by atoms with van der Waals surface area (Å²) in [7, 11) is 0. The molecule has 0 aromatic heterocycles. The van der Waals surface area contributed by atoms with Gasteiger partial charge in [-0.25, -0.2) is 0 Å². The first kappa shape index (κ1) is 12.1. The fourth-order valence-electron chi connectivity index (χ4n) is 1.06. The van der Waals surface area contributed by atoms with Crippen molar-refractivity contribution in [2.45, 2.75) is 13.3 Å². The number of ether oxygens (including phenoxy) is 1. The second-order valence-electron chi connectivity index (χ2n) is 2.88. The Hall–Kier alpha value is -0.930. The molecule has 0 aliphatic rings. The van der Waals surface area contributed by atoms with Gasteiger partial charge in [0.15, 0.2) is 5.17 Å². The maximum atomic E-state index is 8.59. The van der Waals surface area contributed by atoms with E-state index in [-0.39, 0.29) is 5.17 Å². The molecule has 0 unspecified atom stereocenters. The van der Waals surface area contributed by atoms with E-state index in [1.807, 2.05) is 6.92 Å². The molecule has 82 valence electrons. The summed E-state index contributed by atoms with van der Waals surface area (Å²) in [6, 6.07) is 4.98. The summed E-state index contributed by atoms with van der Waals surface area (Å²) < 4.78 is 5.43. The SMILES string of the molecule is CCCOc1ccc(Cl)cc1/C(Cl)=N/O. The van der Waals surface area contributed by atoms with Gasteiger partial charge in [0.25, 0.3) is 0 Å². The standard InChI is InChI=1S/C10H11Cl2NO2/c1-2-5-15-9-4-3-7(11)6-8(9)10(12)13-14/h3-4,6,14H,2,5H2,1H3/b13-10-. The number of benzene rings is 1. The van der Waals surface area contributed by atoms with Crippen LogP contribution in [0.15, 0.2) is 23.4 Å². The lowest BCUT2D eigenvalue weighted by Gasteiger charge is -2.09. The number of hydrogen-bond donors (Lipinski definition) is 1. The minimum Gasteiger partial charge on any atom is -0.493 e. The Morgan fingerprint density at radius 2 is 2.27 bits per heavy atom. The highest BCUT2D eigenvalue weighted by Crippen LogP contribution is 2.25. The molecule has 0 amide bonds. The van der Waals surface area contributed by atoms with Crippen molar-refractivity contribution in [2.75, 3.05) is 6.61 Å². The maximum absolute atomic E-state index is 8.59. The summed E-state index contributed by atoms with van der Waals surface area (Å²) in [4.78, 5) is 0. The molecule has 1 aromatic rings. The van der Waals surface area contributed by atoms with Crippen molar-refractivity contribution in [3.05, 3.63) is 28.8 Å². The van der Waals surface area contributed by atoms with E-state index in [1.54, 1.807) is 18.2 Å². The van der Waals surface area contributed by atoms with Crippen LogP contribution < -0.4 is 4.74 Å². The zero-order valence-electron chi connectivity index (χ0n) is 8.20. The first-order valence-electron chi connectivity index (χ1n) is 4.49. The lowest BCUT2D eigenvalue weighted by molar-refractivity contribution is 0.313. The average molecular weight is 248 g/mol. The third-order valence-electron chi connectivity index (χ3n) is 1.71. The minimum absolute atomic E-state index is 0.0383. The molecule has 1 aromatic carbocycles. The monoisotopic (exact) mass is 247 g/mol. The summed E-state index contributed by atoms with van der Waals surface area (Å²) >= 11 is 11.5. The molecule has 15 heavy (non-hydrogen) atoms. The quantitative estimate of drug-likeness (QED) is 0.503. The Balaban J connectivity index is 3.03. The number of nitrogens with zero attached hydrogens (tertiary/aromatic N) is 1. The van der Waals surface area contributed by atoms with Crippen LogP contribution in [0.25, 0.3) is 0 Å². The minimum atomic E-state index is -0.0383. The first-order chi connectivity index (χ1) is 7.19. The van der Waals surface area contributed by atoms with Crippen molar-refractivity contribution in [1.82, 2.24) is 0 Å². The van der Waals surface area contributed by atoms with Crippen molar-refractivity contribution in [3.63, 3.8) is 0 Å². The molecule has 1 N–H and O–H groups in total. The summed E-state index contributed by atoms with van der Waals surface area (Å²) in [5.41, 5.74) is 0.486. The predicted octanol–water partition coefficient (Wildman–Crippen LogP) is 3.50. The molecule has 0 radical (unpaired) electrons. The highest BCUT2D eigenvalue weighted by molar-refractivity contribution is 6.69. The lowest BCUT2D eigenvalue weighted by Crippen LogP contribution is -2.01. The summed E-state index contributed by atoms with van der Waals surface area (Å²) in [6.45, 7) is 2.57. The fraction of sp³-hybridized carbons (Fsp3) is 0.300. The predicted molar refractivity (Wildman–Crippen MR) is 61.4 cm³/mol. The molecule has 0 bridgehead atoms. The molecule has 1 rings (SSSR count). The van der Waals surface area contributed by atoms with Gasteiger partial charge in [-0.1, -0.05) is 35.3 Å². The van der Waals surface area contributed by atoms with Crippen LogP contribution in [0.5, 0.6) is 5.75 Å². The Bertz CT molecular complexity index is 366. The lowest BCUT2D eigenvalue weighted by atomic mass is 10.2. The normalized spacial score (nSPS) is 11.5. The van der Waals surface area contributed by atoms with E-state index in [0.717, 1.165) is 6.42 Å². The van der Waals surface area contributed by atoms with Crippen LogP contribution in [-0.4, -0.2) is 17.0 Å². The second-order valence-corrected chi connectivity index (χ2v) is 3.67. The molecule has 5 heteroatoms. The van der Waals surface area contributed by atoms with Crippen molar-refractivity contribution < 1.29 is 9.94 Å². The first-order valence-corrected chi connectivity index (χ1v) is 5.25. The molecule has 0 fully saturated rings. The molecule has 0 spiro atoms. The van der Waals surface area contributed by atoms with E-state index in [4.69, 9.17) is 33.1 Å². The largest absolute Gasteiger partial charge is 0.493 e. The van der Waals surface area contributed by atoms with Gasteiger partial charge in [-0.15, -0.1) is 0 Å². The molecule has 0 aliphatic heterocycles. The second kappa shape index (κ2) is 5.83. The van der Waals surface area contributed by atoms with Crippen LogP contribution in [0.1, 0.15) is 18.9 Å². The van der Waals surface area contributed by atoms with E-state index in [1.165, 1.54) is 0 Å². The Morgan fingerprint density at radius 1 is 1.53 bits per heavy atom. The van der Waals surface area contributed by atoms with Gasteiger partial charge in [0.05, 0.1) is 12.2 Å². The van der Waals surface area contributed by atoms with Crippen molar-refractivity contribution in [1.29, 1.82) is 0 Å². The summed E-state index contributed by atoms with van der Waals surface area (Å²) in [5.74, 6) is 0.559. The van der Waals surface area contributed by atoms with E-state index in [9.17, 15) is 0 Å². The molecular formula is C10H11Cl2NO2. The molecule has 0 saturated carbocycles. The summed E-state index contributed by atoms with van der Waals surface area (Å²) in [5, 5.41) is 12.0. The molecule has 0 heterocycles. The van der Waals surface area contributed by atoms with Crippen LogP contribution in [-0.2, 0) is 0 Å². The van der Waals surface area contributed by atoms with Crippen molar-refractivity contribution >= 4 is 28.4 Å². The van der Waals surface area contributed by atoms with Gasteiger partial charge < -0.3 is 9.94 Å². The molecule has 0 saturated heterocycles. The Labute approximate surface area is 98.3 Å². The Kier molecular flexibility index (Phi) is 4.72. The maximum Gasteiger partial charge on any atom is 0.179 e. The van der Waals surface area contributed by atoms with Crippen molar-refractivity contribution in [3.8, 4) is 5.75 Å². The molecule has 0 aliphatic carbocycles. The van der Waals surface area contributed by atoms with Crippen LogP contribution in [0.3, 0.4) is 0 Å². The number of rotatable bonds is 4. The topological polar surface area (TPSA) is 41.8 Å². The zero-order valence-corrected chi connectivity index (χ0v) is 9.72. The van der Waals surface area contributed by atoms with Crippen LogP contribution in [0.2, 0.25) is 5.02 Å². The van der Waals surface area contributed by atoms with Crippen LogP contribution in [0, 0.1) is 0 Å². The number of halogens is 2. The van der Waals surface area contributed by atoms with Gasteiger partial charge in [0, 0.05) is 5.02 Å². The zero-order chi connectivity index (χ0) is 11.3. The fourth-order valence-corrected chi connectivity index (χ4v) is 1.37. The van der Waals surface area contributed by atoms with E-state index in [0.29, 0.717) is 22.9 Å². The van der Waals surface area contributed by atoms with Crippen LogP contribution in [0.4, 0.5) is 0 Å². The van der Waals surface area contributed by atoms with E-state index < -0.39 is 0 Å². The molecule has 0 atom stereocenters. The van der Waals surface area contributed by atoms with Gasteiger partial charge in [-0.3, -0.25) is 0 Å². The van der Waals surface area contributed by atoms with E-state index >= 15 is 0 Å². The van der Waals surface area contributed by atoms with Crippen LogP contribution >= 0.6 is 23.2 Å². The molecular weight excluding hydrogens is 237 g/mol. The van der Waals surface area contributed by atoms with Gasteiger partial charge in [0.1, 0.15) is 5.75 Å². The van der Waals surface area contributed by atoms with Gasteiger partial charge >= 0.3 is 0 Å². The number of oxime groups is 1. The Morgan fingerprint density at radius 3 is 2.87 bits per heavy atom. The van der Waals surface area contributed by atoms with E-state index in [2.05, 4.69) is 5.16 Å². The smallest absolute Gasteiger partial charge is 0.179 e. The third kappa shape index (κ3) is 3.29. The number of hydrogen-bond acceptors (Lipinski definition) is 3. The highest BCUT2D eigenvalue weighted by atomic mass is 35.5. The van der Waals surface area contributed by atoms with Gasteiger partial charge in [0.2, 0.25) is 0 Å². The van der Waals surface area contributed by atoms with Crippen molar-refractivity contribution in [2.24, 2.45) is 5.16 Å². The molecule has 3 nitrogen and oxygen atoms in total. The third-order valence-corrected chi connectivity index (χ3v) is 2.23. The van der Waals surface area contributed by atoms with Gasteiger partial charge in [-0.2, -0.15) is 0 Å².